The molecule has 2 rings (SSSR count). The third-order valence-electron chi connectivity index (χ3n) is 2.52. The predicted octanol–water partition coefficient (Wildman–Crippen LogP) is 3.07. The molecule has 0 spiro atoms. The molecule has 2 aromatic rings. The van der Waals surface area contributed by atoms with Crippen LogP contribution in [0.2, 0.25) is 0 Å². The molecule has 0 amide bonds. The van der Waals surface area contributed by atoms with E-state index in [1.54, 1.807) is 6.07 Å². The summed E-state index contributed by atoms with van der Waals surface area (Å²) < 4.78 is 32.2. The summed E-state index contributed by atoms with van der Waals surface area (Å²) >= 11 is 3.31. The maximum absolute atomic E-state index is 13.1. The first kappa shape index (κ1) is 13.2. The summed E-state index contributed by atoms with van der Waals surface area (Å²) in [7, 11) is 0. The first-order valence-electron chi connectivity index (χ1n) is 5.24. The molecule has 1 aromatic carbocycles. The highest BCUT2D eigenvalue weighted by atomic mass is 79.9. The third-order valence-corrected chi connectivity index (χ3v) is 3.18. The zero-order valence-corrected chi connectivity index (χ0v) is 10.9. The molecular formula is C12H11BrF2N2O. The van der Waals surface area contributed by atoms with Crippen LogP contribution in [0.5, 0.6) is 0 Å². The summed E-state index contributed by atoms with van der Waals surface area (Å²) in [4.78, 5) is 0. The molecule has 1 atom stereocenters. The van der Waals surface area contributed by atoms with Crippen LogP contribution < -0.4 is 11.3 Å². The number of nitrogens with one attached hydrogen (secondary N) is 1. The van der Waals surface area contributed by atoms with Gasteiger partial charge in [0, 0.05) is 6.07 Å². The first-order chi connectivity index (χ1) is 8.60. The van der Waals surface area contributed by atoms with Crippen molar-refractivity contribution in [1.82, 2.24) is 5.43 Å². The van der Waals surface area contributed by atoms with Crippen LogP contribution in [0.1, 0.15) is 17.4 Å². The van der Waals surface area contributed by atoms with Gasteiger partial charge in [0.25, 0.3) is 0 Å². The Morgan fingerprint density at radius 1 is 1.28 bits per heavy atom. The van der Waals surface area contributed by atoms with Gasteiger partial charge in [0.2, 0.25) is 0 Å². The van der Waals surface area contributed by atoms with Gasteiger partial charge < -0.3 is 4.42 Å². The SMILES string of the molecule is NNC(Cc1cc(F)cc(F)c1)c1occc1Br. The van der Waals surface area contributed by atoms with Crippen LogP contribution in [-0.2, 0) is 6.42 Å². The summed E-state index contributed by atoms with van der Waals surface area (Å²) in [5.41, 5.74) is 3.06. The molecule has 0 fully saturated rings. The van der Waals surface area contributed by atoms with Gasteiger partial charge in [-0.2, -0.15) is 0 Å². The number of halogens is 3. The van der Waals surface area contributed by atoms with E-state index in [4.69, 9.17) is 10.3 Å². The highest BCUT2D eigenvalue weighted by Crippen LogP contribution is 2.27. The van der Waals surface area contributed by atoms with Crippen LogP contribution in [0.3, 0.4) is 0 Å². The van der Waals surface area contributed by atoms with E-state index in [-0.39, 0.29) is 6.04 Å². The standard InChI is InChI=1S/C12H11BrF2N2O/c13-10-1-2-18-12(10)11(17-16)5-7-3-8(14)6-9(15)4-7/h1-4,6,11,17H,5,16H2. The fourth-order valence-electron chi connectivity index (χ4n) is 1.75. The van der Waals surface area contributed by atoms with Crippen molar-refractivity contribution in [2.24, 2.45) is 5.84 Å². The van der Waals surface area contributed by atoms with Crippen LogP contribution in [-0.4, -0.2) is 0 Å². The molecule has 18 heavy (non-hydrogen) atoms. The summed E-state index contributed by atoms with van der Waals surface area (Å²) in [6.07, 6.45) is 1.83. The third kappa shape index (κ3) is 2.95. The monoisotopic (exact) mass is 316 g/mol. The van der Waals surface area contributed by atoms with E-state index in [9.17, 15) is 8.78 Å². The molecule has 0 aliphatic rings. The largest absolute Gasteiger partial charge is 0.466 e. The Morgan fingerprint density at radius 2 is 1.94 bits per heavy atom. The summed E-state index contributed by atoms with van der Waals surface area (Å²) in [5.74, 6) is 4.80. The van der Waals surface area contributed by atoms with Crippen molar-refractivity contribution in [3.05, 3.63) is 58.0 Å². The molecule has 96 valence electrons. The lowest BCUT2D eigenvalue weighted by molar-refractivity contribution is 0.412. The van der Waals surface area contributed by atoms with Crippen molar-refractivity contribution in [3.8, 4) is 0 Å². The van der Waals surface area contributed by atoms with E-state index in [1.165, 1.54) is 18.4 Å². The molecule has 0 bridgehead atoms. The average Bonchev–Trinajstić information content (AvgIpc) is 2.71. The lowest BCUT2D eigenvalue weighted by atomic mass is 10.0. The molecule has 3 nitrogen and oxygen atoms in total. The Kier molecular flexibility index (Phi) is 4.11. The fraction of sp³-hybridized carbons (Fsp3) is 0.167. The fourth-order valence-corrected chi connectivity index (χ4v) is 2.22. The van der Waals surface area contributed by atoms with Crippen LogP contribution in [0, 0.1) is 11.6 Å². The topological polar surface area (TPSA) is 51.2 Å². The van der Waals surface area contributed by atoms with E-state index >= 15 is 0 Å². The Morgan fingerprint density at radius 3 is 2.44 bits per heavy atom. The Bertz CT molecular complexity index is 524. The van der Waals surface area contributed by atoms with Gasteiger partial charge in [-0.3, -0.25) is 5.84 Å². The minimum atomic E-state index is -0.612. The molecule has 1 aromatic heterocycles. The van der Waals surface area contributed by atoms with E-state index in [1.807, 2.05) is 0 Å². The van der Waals surface area contributed by atoms with Crippen molar-refractivity contribution in [3.63, 3.8) is 0 Å². The smallest absolute Gasteiger partial charge is 0.136 e. The number of hydrazine groups is 1. The summed E-state index contributed by atoms with van der Waals surface area (Å²) in [5, 5.41) is 0. The number of benzene rings is 1. The second-order valence-corrected chi connectivity index (χ2v) is 4.69. The molecule has 0 aliphatic heterocycles. The van der Waals surface area contributed by atoms with Gasteiger partial charge in [0.1, 0.15) is 17.4 Å². The van der Waals surface area contributed by atoms with Crippen LogP contribution in [0.25, 0.3) is 0 Å². The minimum Gasteiger partial charge on any atom is -0.466 e. The lowest BCUT2D eigenvalue weighted by Crippen LogP contribution is -2.29. The second kappa shape index (κ2) is 5.60. The van der Waals surface area contributed by atoms with Gasteiger partial charge in [0.05, 0.1) is 16.8 Å². The maximum atomic E-state index is 13.1. The Labute approximate surface area is 111 Å². The van der Waals surface area contributed by atoms with Crippen LogP contribution in [0.4, 0.5) is 8.78 Å². The summed E-state index contributed by atoms with van der Waals surface area (Å²) in [6.45, 7) is 0. The van der Waals surface area contributed by atoms with Crippen molar-refractivity contribution in [2.75, 3.05) is 0 Å². The number of hydrogen-bond donors (Lipinski definition) is 2. The van der Waals surface area contributed by atoms with Crippen LogP contribution >= 0.6 is 15.9 Å². The highest BCUT2D eigenvalue weighted by Gasteiger charge is 2.17. The normalized spacial score (nSPS) is 12.7. The van der Waals surface area contributed by atoms with Gasteiger partial charge in [-0.25, -0.2) is 14.2 Å². The van der Waals surface area contributed by atoms with E-state index in [0.717, 1.165) is 10.5 Å². The first-order valence-corrected chi connectivity index (χ1v) is 6.03. The lowest BCUT2D eigenvalue weighted by Gasteiger charge is -2.14. The molecular weight excluding hydrogens is 306 g/mol. The van der Waals surface area contributed by atoms with Crippen molar-refractivity contribution < 1.29 is 13.2 Å². The van der Waals surface area contributed by atoms with Crippen molar-refractivity contribution >= 4 is 15.9 Å². The highest BCUT2D eigenvalue weighted by molar-refractivity contribution is 9.10. The molecule has 6 heteroatoms. The quantitative estimate of drug-likeness (QED) is 0.673. The van der Waals surface area contributed by atoms with Crippen molar-refractivity contribution in [2.45, 2.75) is 12.5 Å². The number of hydrogen-bond acceptors (Lipinski definition) is 3. The van der Waals surface area contributed by atoms with Gasteiger partial charge in [-0.05, 0) is 46.1 Å². The van der Waals surface area contributed by atoms with Crippen LogP contribution in [0.15, 0.2) is 39.4 Å². The zero-order valence-electron chi connectivity index (χ0n) is 9.29. The van der Waals surface area contributed by atoms with Gasteiger partial charge in [0.15, 0.2) is 0 Å². The minimum absolute atomic E-state index is 0.317. The zero-order chi connectivity index (χ0) is 13.1. The molecule has 0 saturated carbocycles. The second-order valence-electron chi connectivity index (χ2n) is 3.83. The van der Waals surface area contributed by atoms with E-state index < -0.39 is 11.6 Å². The molecule has 0 radical (unpaired) electrons. The van der Waals surface area contributed by atoms with Gasteiger partial charge in [-0.15, -0.1) is 0 Å². The molecule has 1 heterocycles. The Balaban J connectivity index is 2.23. The molecule has 3 N–H and O–H groups in total. The molecule has 0 aliphatic carbocycles. The molecule has 0 saturated heterocycles. The van der Waals surface area contributed by atoms with Gasteiger partial charge >= 0.3 is 0 Å². The average molecular weight is 317 g/mol. The number of nitrogens with two attached hydrogens (primary N) is 1. The van der Waals surface area contributed by atoms with E-state index in [2.05, 4.69) is 21.4 Å². The number of rotatable bonds is 4. The predicted molar refractivity (Wildman–Crippen MR) is 66.5 cm³/mol. The van der Waals surface area contributed by atoms with Crippen molar-refractivity contribution in [1.29, 1.82) is 0 Å². The Hall–Kier alpha value is -1.24. The number of furan rings is 1. The van der Waals surface area contributed by atoms with E-state index in [0.29, 0.717) is 17.7 Å². The molecule has 1 unspecified atom stereocenters. The summed E-state index contributed by atoms with van der Waals surface area (Å²) in [6, 6.07) is 4.73. The van der Waals surface area contributed by atoms with Gasteiger partial charge in [-0.1, -0.05) is 0 Å². The maximum Gasteiger partial charge on any atom is 0.136 e.